The number of β-lactam (4-membered cyclic amide) rings is 1. The van der Waals surface area contributed by atoms with Gasteiger partial charge in [0.1, 0.15) is 18.8 Å². The van der Waals surface area contributed by atoms with Crippen LogP contribution >= 0.6 is 22.0 Å². The van der Waals surface area contributed by atoms with Crippen molar-refractivity contribution in [3.8, 4) is 0 Å². The number of nitrogens with one attached hydrogen (secondary N) is 1. The number of fused-ring (bicyclic) bond motifs is 1. The number of oxime groups is 1. The molecule has 4 N–H and O–H groups in total. The Hall–Kier alpha value is -3.16. The Kier molecular flexibility index (Phi) is 6.00. The topological polar surface area (TPSA) is 196 Å². The molecule has 0 radical (unpaired) electrons. The lowest BCUT2D eigenvalue weighted by molar-refractivity contribution is -0.143. The average Bonchev–Trinajstić information content (AvgIpc) is 3.13. The number of thiazole rings is 1. The van der Waals surface area contributed by atoms with Gasteiger partial charge in [-0.25, -0.2) is 9.78 Å². The number of rotatable bonds is 6. The Bertz CT molecular complexity index is 982. The summed E-state index contributed by atoms with van der Waals surface area (Å²) >= 11 is 1.12. The third kappa shape index (κ3) is 3.87. The van der Waals surface area contributed by atoms with Crippen LogP contribution in [0.5, 0.6) is 0 Å². The smallest absolute Gasteiger partial charge is 0.378 e. The molecule has 29 heavy (non-hydrogen) atoms. The fourth-order valence-corrected chi connectivity index (χ4v) is 5.61. The van der Waals surface area contributed by atoms with Gasteiger partial charge in [-0.2, -0.15) is 0 Å². The fraction of sp³-hybridized carbons (Fsp3) is 0.429. The predicted octanol–water partition coefficient (Wildman–Crippen LogP) is 0.910. The van der Waals surface area contributed by atoms with Gasteiger partial charge in [-0.1, -0.05) is 10.3 Å². The van der Waals surface area contributed by atoms with E-state index < -0.39 is 39.9 Å². The van der Waals surface area contributed by atoms with E-state index in [1.807, 2.05) is 0 Å². The second-order valence-electron chi connectivity index (χ2n) is 5.89. The lowest BCUT2D eigenvalue weighted by Crippen LogP contribution is -2.70. The van der Waals surface area contributed by atoms with E-state index in [0.29, 0.717) is 17.7 Å². The van der Waals surface area contributed by atoms with Gasteiger partial charge in [-0.3, -0.25) is 13.9 Å². The summed E-state index contributed by atoms with van der Waals surface area (Å²) in [7, 11) is -0.253. The van der Waals surface area contributed by atoms with E-state index in [9.17, 15) is 19.5 Å². The lowest BCUT2D eigenvalue weighted by atomic mass is 9.93. The molecule has 1 aromatic heterocycles. The molecule has 1 aromatic rings. The Morgan fingerprint density at radius 3 is 2.97 bits per heavy atom. The largest absolute Gasteiger partial charge is 0.472 e. The molecule has 15 heteroatoms. The first-order valence-corrected chi connectivity index (χ1v) is 10.2. The summed E-state index contributed by atoms with van der Waals surface area (Å²) in [6.07, 6.45) is 0.807. The number of carbonyl (C=O) groups excluding carboxylic acids is 2. The third-order valence-electron chi connectivity index (χ3n) is 4.28. The normalized spacial score (nSPS) is 23.6. The average molecular weight is 440 g/mol. The minimum absolute atomic E-state index is 0.0880. The molecule has 2 amide bonds. The van der Waals surface area contributed by atoms with E-state index in [-0.39, 0.29) is 23.1 Å². The van der Waals surface area contributed by atoms with Crippen molar-refractivity contribution >= 4 is 54.8 Å². The first-order chi connectivity index (χ1) is 13.9. The molecule has 13 nitrogen and oxygen atoms in total. The zero-order valence-electron chi connectivity index (χ0n) is 15.0. The Labute approximate surface area is 170 Å². The summed E-state index contributed by atoms with van der Waals surface area (Å²) < 4.78 is 1.23. The van der Waals surface area contributed by atoms with Crippen molar-refractivity contribution in [2.45, 2.75) is 24.9 Å². The van der Waals surface area contributed by atoms with Crippen LogP contribution in [-0.4, -0.2) is 67.8 Å². The van der Waals surface area contributed by atoms with Crippen LogP contribution in [0.2, 0.25) is 0 Å². The molecule has 3 atom stereocenters. The number of amides is 2. The molecule has 0 aromatic carbocycles. The zero-order chi connectivity index (χ0) is 21.1. The lowest BCUT2D eigenvalue weighted by Gasteiger charge is -2.50. The van der Waals surface area contributed by atoms with Gasteiger partial charge in [0.15, 0.2) is 10.8 Å². The zero-order valence-corrected chi connectivity index (χ0v) is 16.6. The second-order valence-corrected chi connectivity index (χ2v) is 8.67. The highest BCUT2D eigenvalue weighted by molar-refractivity contribution is 8.26. The number of anilines is 1. The molecule has 3 heterocycles. The molecule has 154 valence electrons. The van der Waals surface area contributed by atoms with Crippen LogP contribution in [0.3, 0.4) is 0 Å². The van der Waals surface area contributed by atoms with Crippen molar-refractivity contribution in [2.75, 3.05) is 19.4 Å². The van der Waals surface area contributed by atoms with Gasteiger partial charge < -0.3 is 21.0 Å². The third-order valence-corrected chi connectivity index (χ3v) is 7.01. The molecule has 0 spiro atoms. The number of nitrogens with zero attached hydrogens (tertiary/aromatic N) is 6. The summed E-state index contributed by atoms with van der Waals surface area (Å²) in [6.45, 7) is -0.0880. The van der Waals surface area contributed by atoms with Crippen LogP contribution in [0.1, 0.15) is 18.5 Å². The molecular weight excluding hydrogens is 424 g/mol. The first kappa shape index (κ1) is 20.6. The summed E-state index contributed by atoms with van der Waals surface area (Å²) in [5.41, 5.74) is 14.1. The monoisotopic (exact) mass is 440 g/mol. The minimum Gasteiger partial charge on any atom is -0.472 e. The van der Waals surface area contributed by atoms with Gasteiger partial charge in [-0.05, 0) is 23.2 Å². The number of hydrogen-bond donors (Lipinski definition) is 3. The highest BCUT2D eigenvalue weighted by atomic mass is 32.2. The van der Waals surface area contributed by atoms with Crippen molar-refractivity contribution in [1.82, 2.24) is 14.6 Å². The maximum Gasteiger partial charge on any atom is 0.378 e. The quantitative estimate of drug-likeness (QED) is 0.111. The van der Waals surface area contributed by atoms with Gasteiger partial charge in [0.2, 0.25) is 0 Å². The van der Waals surface area contributed by atoms with Crippen LogP contribution in [0.15, 0.2) is 15.7 Å². The minimum atomic E-state index is -1.52. The standard InChI is InChI=1S/C14H16N8O5S2/c1-27-20-9(7-5-28-13(15)18-7)11(23)19-10-8-3-2-6(4-17-21-16)29(14(25)26)22(8)12(10)24/h5,8,10H,2-4H2,1H3,(H2,15,18)(H,19,23)(H,25,26)/t8-,10-,29?/m1/s1. The Balaban J connectivity index is 1.79. The number of carbonyl (C=O) groups is 3. The van der Waals surface area contributed by atoms with Crippen LogP contribution in [0.25, 0.3) is 10.4 Å². The van der Waals surface area contributed by atoms with E-state index in [2.05, 4.69) is 25.5 Å². The van der Waals surface area contributed by atoms with Crippen LogP contribution < -0.4 is 11.1 Å². The fourth-order valence-electron chi connectivity index (χ4n) is 3.09. The molecule has 0 bridgehead atoms. The second kappa shape index (κ2) is 8.46. The van der Waals surface area contributed by atoms with Crippen LogP contribution in [0, 0.1) is 0 Å². The van der Waals surface area contributed by atoms with E-state index in [4.69, 9.17) is 16.1 Å². The predicted molar refractivity (Wildman–Crippen MR) is 107 cm³/mol. The van der Waals surface area contributed by atoms with Crippen molar-refractivity contribution in [1.29, 1.82) is 0 Å². The Morgan fingerprint density at radius 1 is 1.62 bits per heavy atom. The molecule has 3 rings (SSSR count). The van der Waals surface area contributed by atoms with Crippen LogP contribution in [-0.2, 0) is 14.4 Å². The summed E-state index contributed by atoms with van der Waals surface area (Å²) in [5, 5.41) is 19.8. The summed E-state index contributed by atoms with van der Waals surface area (Å²) in [4.78, 5) is 48.8. The number of carboxylic acid groups (broad SMARTS) is 1. The number of azide groups is 1. The number of nitrogens with two attached hydrogens (primary N) is 1. The van der Waals surface area contributed by atoms with Gasteiger partial charge in [-0.15, -0.1) is 11.3 Å². The number of nitrogen functional groups attached to an aromatic ring is 1. The summed E-state index contributed by atoms with van der Waals surface area (Å²) in [6, 6.07) is -1.37. The molecule has 0 saturated carbocycles. The van der Waals surface area contributed by atoms with Crippen molar-refractivity contribution in [3.05, 3.63) is 21.5 Å². The molecule has 1 fully saturated rings. The van der Waals surface area contributed by atoms with E-state index in [1.165, 1.54) is 16.8 Å². The highest BCUT2D eigenvalue weighted by Gasteiger charge is 2.53. The van der Waals surface area contributed by atoms with Crippen molar-refractivity contribution < 1.29 is 24.3 Å². The molecule has 2 aliphatic rings. The van der Waals surface area contributed by atoms with Crippen LogP contribution in [0.4, 0.5) is 9.93 Å². The number of hydrogen-bond acceptors (Lipinski definition) is 9. The van der Waals surface area contributed by atoms with Crippen molar-refractivity contribution in [2.24, 2.45) is 10.3 Å². The van der Waals surface area contributed by atoms with E-state index >= 15 is 0 Å². The molecule has 2 aliphatic heterocycles. The molecule has 1 saturated heterocycles. The van der Waals surface area contributed by atoms with Crippen molar-refractivity contribution in [3.63, 3.8) is 0 Å². The van der Waals surface area contributed by atoms with Gasteiger partial charge in [0.25, 0.3) is 11.8 Å². The van der Waals surface area contributed by atoms with Gasteiger partial charge in [0, 0.05) is 21.0 Å². The van der Waals surface area contributed by atoms with Gasteiger partial charge >= 0.3 is 5.30 Å². The number of aromatic nitrogens is 1. The van der Waals surface area contributed by atoms with E-state index in [0.717, 1.165) is 11.3 Å². The molecular formula is C14H16N8O5S2. The first-order valence-electron chi connectivity index (χ1n) is 8.18. The highest BCUT2D eigenvalue weighted by Crippen LogP contribution is 2.42. The summed E-state index contributed by atoms with van der Waals surface area (Å²) in [5.74, 6) is -1.21. The van der Waals surface area contributed by atoms with E-state index in [1.54, 1.807) is 0 Å². The Morgan fingerprint density at radius 2 is 2.38 bits per heavy atom. The molecule has 0 aliphatic carbocycles. The van der Waals surface area contributed by atoms with Gasteiger partial charge in [0.05, 0.1) is 12.6 Å². The maximum absolute atomic E-state index is 12.6. The maximum atomic E-state index is 12.6. The molecule has 1 unspecified atom stereocenters. The SMILES string of the molecule is CON=C(C(=O)N[C@H]1C(=O)N2[C@@H]1CCC(CN=[N+]=[N-])=S2C(=O)O)c1csc(N)n1.